The molecule has 2 rings (SSSR count). The van der Waals surface area contributed by atoms with E-state index < -0.39 is 5.60 Å². The molecule has 1 atom stereocenters. The summed E-state index contributed by atoms with van der Waals surface area (Å²) in [4.78, 5) is 5.69. The van der Waals surface area contributed by atoms with Gasteiger partial charge in [-0.3, -0.25) is 0 Å². The first-order chi connectivity index (χ1) is 8.94. The van der Waals surface area contributed by atoms with E-state index in [0.29, 0.717) is 12.2 Å². The van der Waals surface area contributed by atoms with Gasteiger partial charge in [0.25, 0.3) is 0 Å². The number of hydrogen-bond acceptors (Lipinski definition) is 4. The summed E-state index contributed by atoms with van der Waals surface area (Å²) in [5, 5.41) is 11.7. The molecule has 0 radical (unpaired) electrons. The molecule has 1 aromatic heterocycles. The van der Waals surface area contributed by atoms with Gasteiger partial charge in [0.05, 0.1) is 23.4 Å². The molecule has 3 nitrogen and oxygen atoms in total. The van der Waals surface area contributed by atoms with Crippen molar-refractivity contribution in [3.05, 3.63) is 45.4 Å². The van der Waals surface area contributed by atoms with Crippen LogP contribution in [0.3, 0.4) is 0 Å². The molecule has 0 amide bonds. The van der Waals surface area contributed by atoms with Crippen molar-refractivity contribution in [3.63, 3.8) is 0 Å². The number of benzene rings is 1. The summed E-state index contributed by atoms with van der Waals surface area (Å²) in [6, 6.07) is 7.56. The third-order valence-corrected chi connectivity index (χ3v) is 4.33. The lowest BCUT2D eigenvalue weighted by molar-refractivity contribution is 0.0549. The van der Waals surface area contributed by atoms with Crippen LogP contribution in [-0.2, 0) is 12.0 Å². The van der Waals surface area contributed by atoms with Crippen molar-refractivity contribution < 1.29 is 9.84 Å². The highest BCUT2D eigenvalue weighted by Crippen LogP contribution is 2.33. The molecule has 1 unspecified atom stereocenters. The summed E-state index contributed by atoms with van der Waals surface area (Å²) in [6.07, 6.45) is 0.493. The first kappa shape index (κ1) is 14.0. The van der Waals surface area contributed by atoms with Gasteiger partial charge in [0, 0.05) is 16.9 Å². The van der Waals surface area contributed by atoms with Crippen molar-refractivity contribution in [2.75, 3.05) is 7.11 Å². The number of aryl methyl sites for hydroxylation is 2. The third-order valence-electron chi connectivity index (χ3n) is 3.26. The van der Waals surface area contributed by atoms with E-state index >= 15 is 0 Å². The number of nitrogens with zero attached hydrogens (tertiary/aromatic N) is 1. The van der Waals surface area contributed by atoms with Gasteiger partial charge in [-0.1, -0.05) is 18.2 Å². The predicted molar refractivity (Wildman–Crippen MR) is 77.9 cm³/mol. The normalized spacial score (nSPS) is 14.2. The highest BCUT2D eigenvalue weighted by Gasteiger charge is 2.28. The van der Waals surface area contributed by atoms with Crippen LogP contribution in [0.15, 0.2) is 24.3 Å². The summed E-state index contributed by atoms with van der Waals surface area (Å²) in [6.45, 7) is 5.85. The second-order valence-electron chi connectivity index (χ2n) is 4.90. The Morgan fingerprint density at radius 2 is 2.00 bits per heavy atom. The zero-order chi connectivity index (χ0) is 14.0. The topological polar surface area (TPSA) is 42.4 Å². The first-order valence-corrected chi connectivity index (χ1v) is 7.04. The molecule has 0 aliphatic heterocycles. The van der Waals surface area contributed by atoms with Crippen LogP contribution in [0, 0.1) is 13.8 Å². The van der Waals surface area contributed by atoms with Gasteiger partial charge in [-0.25, -0.2) is 4.98 Å². The summed E-state index contributed by atoms with van der Waals surface area (Å²) >= 11 is 1.64. The number of methoxy groups -OCH3 is 1. The van der Waals surface area contributed by atoms with E-state index in [2.05, 4.69) is 4.98 Å². The Bertz CT molecular complexity index is 556. The van der Waals surface area contributed by atoms with Gasteiger partial charge < -0.3 is 9.84 Å². The van der Waals surface area contributed by atoms with Gasteiger partial charge in [0.1, 0.15) is 5.75 Å². The minimum absolute atomic E-state index is 0.493. The second-order valence-corrected chi connectivity index (χ2v) is 6.19. The van der Waals surface area contributed by atoms with Crippen LogP contribution in [0.5, 0.6) is 5.75 Å². The predicted octanol–water partition coefficient (Wildman–Crippen LogP) is 3.22. The number of ether oxygens (including phenoxy) is 1. The first-order valence-electron chi connectivity index (χ1n) is 6.23. The molecule has 1 aromatic carbocycles. The lowest BCUT2D eigenvalue weighted by Gasteiger charge is -2.24. The van der Waals surface area contributed by atoms with Crippen molar-refractivity contribution in [1.82, 2.24) is 4.98 Å². The molecule has 0 aliphatic carbocycles. The van der Waals surface area contributed by atoms with Crippen molar-refractivity contribution in [2.24, 2.45) is 0 Å². The minimum Gasteiger partial charge on any atom is -0.496 e. The Hall–Kier alpha value is -1.39. The average molecular weight is 277 g/mol. The number of rotatable bonds is 4. The molecule has 19 heavy (non-hydrogen) atoms. The largest absolute Gasteiger partial charge is 0.496 e. The number of para-hydroxylation sites is 1. The highest BCUT2D eigenvalue weighted by atomic mass is 32.1. The van der Waals surface area contributed by atoms with E-state index in [4.69, 9.17) is 4.74 Å². The smallest absolute Gasteiger partial charge is 0.124 e. The van der Waals surface area contributed by atoms with E-state index in [1.807, 2.05) is 38.1 Å². The van der Waals surface area contributed by atoms with Crippen LogP contribution < -0.4 is 4.74 Å². The molecule has 2 aromatic rings. The molecule has 4 heteroatoms. The maximum Gasteiger partial charge on any atom is 0.124 e. The Morgan fingerprint density at radius 1 is 1.32 bits per heavy atom. The van der Waals surface area contributed by atoms with E-state index in [0.717, 1.165) is 16.3 Å². The molecule has 1 heterocycles. The van der Waals surface area contributed by atoms with Crippen molar-refractivity contribution in [1.29, 1.82) is 0 Å². The SMILES string of the molecule is COc1ccccc1C(C)(O)Cc1nc(C)c(C)s1. The standard InChI is InChI=1S/C15H19NO2S/c1-10-11(2)19-14(16-10)9-15(3,17)12-7-5-6-8-13(12)18-4/h5-8,17H,9H2,1-4H3. The lowest BCUT2D eigenvalue weighted by atomic mass is 9.92. The number of hydrogen-bond donors (Lipinski definition) is 1. The fourth-order valence-corrected chi connectivity index (χ4v) is 3.18. The van der Waals surface area contributed by atoms with Crippen molar-refractivity contribution in [2.45, 2.75) is 32.8 Å². The summed E-state index contributed by atoms with van der Waals surface area (Å²) < 4.78 is 5.32. The molecule has 0 aliphatic rings. The van der Waals surface area contributed by atoms with E-state index in [-0.39, 0.29) is 0 Å². The highest BCUT2D eigenvalue weighted by molar-refractivity contribution is 7.11. The summed E-state index contributed by atoms with van der Waals surface area (Å²) in [5.41, 5.74) is 0.849. The molecule has 1 N–H and O–H groups in total. The monoisotopic (exact) mass is 277 g/mol. The zero-order valence-electron chi connectivity index (χ0n) is 11.7. The van der Waals surface area contributed by atoms with Crippen LogP contribution in [-0.4, -0.2) is 17.2 Å². The van der Waals surface area contributed by atoms with Gasteiger partial charge >= 0.3 is 0 Å². The summed E-state index contributed by atoms with van der Waals surface area (Å²) in [7, 11) is 1.62. The number of aromatic nitrogens is 1. The Labute approximate surface area is 117 Å². The van der Waals surface area contributed by atoms with Crippen LogP contribution in [0.2, 0.25) is 0 Å². The molecular formula is C15H19NO2S. The van der Waals surface area contributed by atoms with Gasteiger partial charge in [0.15, 0.2) is 0 Å². The minimum atomic E-state index is -0.983. The molecule has 0 bridgehead atoms. The van der Waals surface area contributed by atoms with Crippen LogP contribution in [0.4, 0.5) is 0 Å². The van der Waals surface area contributed by atoms with E-state index in [9.17, 15) is 5.11 Å². The molecular weight excluding hydrogens is 258 g/mol. The number of aliphatic hydroxyl groups is 1. The van der Waals surface area contributed by atoms with Crippen LogP contribution in [0.1, 0.15) is 28.1 Å². The number of thiazole rings is 1. The maximum atomic E-state index is 10.7. The van der Waals surface area contributed by atoms with Gasteiger partial charge in [-0.15, -0.1) is 11.3 Å². The summed E-state index contributed by atoms with van der Waals surface area (Å²) in [5.74, 6) is 0.706. The Balaban J connectivity index is 2.31. The molecule has 102 valence electrons. The van der Waals surface area contributed by atoms with Gasteiger partial charge in [0.2, 0.25) is 0 Å². The van der Waals surface area contributed by atoms with Crippen LogP contribution >= 0.6 is 11.3 Å². The van der Waals surface area contributed by atoms with Crippen LogP contribution in [0.25, 0.3) is 0 Å². The van der Waals surface area contributed by atoms with Gasteiger partial charge in [-0.05, 0) is 26.8 Å². The molecule has 0 saturated carbocycles. The van der Waals surface area contributed by atoms with Gasteiger partial charge in [-0.2, -0.15) is 0 Å². The second kappa shape index (κ2) is 5.31. The lowest BCUT2D eigenvalue weighted by Crippen LogP contribution is -2.25. The van der Waals surface area contributed by atoms with E-state index in [1.165, 1.54) is 4.88 Å². The zero-order valence-corrected chi connectivity index (χ0v) is 12.5. The van der Waals surface area contributed by atoms with Crippen molar-refractivity contribution >= 4 is 11.3 Å². The quantitative estimate of drug-likeness (QED) is 0.933. The third kappa shape index (κ3) is 2.96. The fraction of sp³-hybridized carbons (Fsp3) is 0.400. The maximum absolute atomic E-state index is 10.7. The van der Waals surface area contributed by atoms with E-state index in [1.54, 1.807) is 25.4 Å². The average Bonchev–Trinajstić information content (AvgIpc) is 2.67. The Morgan fingerprint density at radius 3 is 2.58 bits per heavy atom. The fourth-order valence-electron chi connectivity index (χ4n) is 2.09. The molecule has 0 fully saturated rings. The van der Waals surface area contributed by atoms with Crippen molar-refractivity contribution in [3.8, 4) is 5.75 Å². The molecule has 0 saturated heterocycles. The Kier molecular flexibility index (Phi) is 3.92. The molecule has 0 spiro atoms.